The maximum Gasteiger partial charge on any atom is 0.0745 e. The van der Waals surface area contributed by atoms with Crippen LogP contribution in [-0.2, 0) is 5.41 Å². The van der Waals surface area contributed by atoms with Crippen molar-refractivity contribution >= 4 is 45.3 Å². The summed E-state index contributed by atoms with van der Waals surface area (Å²) in [6.07, 6.45) is 0. The number of nitrogens with zero attached hydrogens (tertiary/aromatic N) is 1. The van der Waals surface area contributed by atoms with Crippen LogP contribution >= 0.6 is 23.5 Å². The van der Waals surface area contributed by atoms with Crippen molar-refractivity contribution in [1.82, 2.24) is 4.57 Å². The van der Waals surface area contributed by atoms with E-state index in [1.807, 2.05) is 23.5 Å². The highest BCUT2D eigenvalue weighted by atomic mass is 32.2. The lowest BCUT2D eigenvalue weighted by Crippen LogP contribution is -2.36. The standard InChI is InChI=1S/C49H31NS2/c1-3-14-32(15-4-1)36-19-13-22-42-48(36)52-46-25-12-9-21-40(46)49(42)39-20-8-11-24-45(39)51-47-31-34(26-28-41(47)49)33-27-29-44-38(30-33)37-18-7-10-23-43(37)50(44)35-16-5-2-6-17-35/h1-31H. The Morgan fingerprint density at radius 1 is 0.365 bits per heavy atom. The van der Waals surface area contributed by atoms with Crippen LogP contribution < -0.4 is 0 Å². The van der Waals surface area contributed by atoms with E-state index in [4.69, 9.17) is 0 Å². The van der Waals surface area contributed by atoms with E-state index in [-0.39, 0.29) is 0 Å². The molecule has 2 aliphatic heterocycles. The van der Waals surface area contributed by atoms with E-state index >= 15 is 0 Å². The molecule has 11 rings (SSSR count). The van der Waals surface area contributed by atoms with Crippen molar-refractivity contribution in [2.75, 3.05) is 0 Å². The van der Waals surface area contributed by atoms with Gasteiger partial charge in [0.05, 0.1) is 16.4 Å². The number of rotatable bonds is 3. The van der Waals surface area contributed by atoms with E-state index in [1.165, 1.54) is 91.6 Å². The minimum Gasteiger partial charge on any atom is -0.309 e. The third kappa shape index (κ3) is 4.27. The molecule has 0 aliphatic carbocycles. The van der Waals surface area contributed by atoms with Crippen molar-refractivity contribution < 1.29 is 0 Å². The Kier molecular flexibility index (Phi) is 6.70. The fourth-order valence-electron chi connectivity index (χ4n) is 8.72. The summed E-state index contributed by atoms with van der Waals surface area (Å²) in [5.41, 5.74) is 13.6. The molecule has 0 bridgehead atoms. The second-order valence-electron chi connectivity index (χ2n) is 13.6. The molecule has 0 saturated carbocycles. The molecule has 244 valence electrons. The van der Waals surface area contributed by atoms with Gasteiger partial charge < -0.3 is 4.57 Å². The topological polar surface area (TPSA) is 4.93 Å². The molecule has 3 heterocycles. The van der Waals surface area contributed by atoms with Crippen LogP contribution in [0, 0.1) is 0 Å². The molecule has 52 heavy (non-hydrogen) atoms. The summed E-state index contributed by atoms with van der Waals surface area (Å²) in [7, 11) is 0. The van der Waals surface area contributed by atoms with Gasteiger partial charge in [-0.1, -0.05) is 163 Å². The lowest BCUT2D eigenvalue weighted by atomic mass is 9.64. The molecule has 8 aromatic carbocycles. The normalized spacial score (nSPS) is 15.6. The Morgan fingerprint density at radius 3 is 1.77 bits per heavy atom. The maximum absolute atomic E-state index is 2.44. The molecule has 1 unspecified atom stereocenters. The second kappa shape index (κ2) is 11.6. The molecule has 1 aromatic heterocycles. The van der Waals surface area contributed by atoms with Crippen molar-refractivity contribution in [3.05, 3.63) is 210 Å². The Bertz CT molecular complexity index is 2840. The average molecular weight is 698 g/mol. The summed E-state index contributed by atoms with van der Waals surface area (Å²) in [6, 6.07) is 69.7. The zero-order chi connectivity index (χ0) is 34.2. The summed E-state index contributed by atoms with van der Waals surface area (Å²) >= 11 is 3.82. The van der Waals surface area contributed by atoms with Crippen LogP contribution in [0.1, 0.15) is 22.3 Å². The quantitative estimate of drug-likeness (QED) is 0.181. The van der Waals surface area contributed by atoms with Crippen LogP contribution in [0.15, 0.2) is 208 Å². The van der Waals surface area contributed by atoms with E-state index in [9.17, 15) is 0 Å². The van der Waals surface area contributed by atoms with Gasteiger partial charge in [-0.15, -0.1) is 0 Å². The molecule has 1 atom stereocenters. The first kappa shape index (κ1) is 29.9. The van der Waals surface area contributed by atoms with Gasteiger partial charge in [0, 0.05) is 36.0 Å². The fourth-order valence-corrected chi connectivity index (χ4v) is 11.3. The number of benzene rings is 8. The fraction of sp³-hybridized carbons (Fsp3) is 0.0204. The van der Waals surface area contributed by atoms with E-state index in [0.29, 0.717) is 0 Å². The van der Waals surface area contributed by atoms with Crippen molar-refractivity contribution in [2.45, 2.75) is 25.0 Å². The highest BCUT2D eigenvalue weighted by Crippen LogP contribution is 2.63. The van der Waals surface area contributed by atoms with E-state index in [2.05, 4.69) is 193 Å². The Hall–Kier alpha value is -5.74. The Balaban J connectivity index is 1.15. The van der Waals surface area contributed by atoms with Crippen LogP contribution in [0.25, 0.3) is 49.7 Å². The number of hydrogen-bond donors (Lipinski definition) is 0. The maximum atomic E-state index is 2.44. The first-order chi connectivity index (χ1) is 25.8. The summed E-state index contributed by atoms with van der Waals surface area (Å²) in [4.78, 5) is 5.27. The van der Waals surface area contributed by atoms with Crippen LogP contribution in [0.4, 0.5) is 0 Å². The highest BCUT2D eigenvalue weighted by molar-refractivity contribution is 8.00. The Morgan fingerprint density at radius 2 is 0.962 bits per heavy atom. The predicted octanol–water partition coefficient (Wildman–Crippen LogP) is 13.4. The molecule has 3 heteroatoms. The van der Waals surface area contributed by atoms with Crippen molar-refractivity contribution in [1.29, 1.82) is 0 Å². The number of aromatic nitrogens is 1. The molecule has 0 N–H and O–H groups in total. The first-order valence-electron chi connectivity index (χ1n) is 17.8. The molecular formula is C49H31NS2. The van der Waals surface area contributed by atoms with E-state index < -0.39 is 5.41 Å². The molecule has 0 amide bonds. The number of para-hydroxylation sites is 2. The van der Waals surface area contributed by atoms with Gasteiger partial charge in [-0.2, -0.15) is 0 Å². The SMILES string of the molecule is c1ccc(-c2cccc3c2Sc2ccccc2C32c3ccccc3Sc3cc(-c4ccc5c(c4)c4ccccc4n5-c4ccccc4)ccc32)cc1. The number of fused-ring (bicyclic) bond motifs is 11. The molecular weight excluding hydrogens is 667 g/mol. The van der Waals surface area contributed by atoms with Gasteiger partial charge in [0.15, 0.2) is 0 Å². The first-order valence-corrected chi connectivity index (χ1v) is 19.4. The van der Waals surface area contributed by atoms with Crippen molar-refractivity contribution in [2.24, 2.45) is 0 Å². The largest absolute Gasteiger partial charge is 0.309 e. The summed E-state index contributed by atoms with van der Waals surface area (Å²) in [5, 5.41) is 2.54. The zero-order valence-corrected chi connectivity index (χ0v) is 29.8. The smallest absolute Gasteiger partial charge is 0.0745 e. The molecule has 0 fully saturated rings. The van der Waals surface area contributed by atoms with Gasteiger partial charge in [0.1, 0.15) is 0 Å². The molecule has 2 aliphatic rings. The lowest BCUT2D eigenvalue weighted by Gasteiger charge is -2.46. The van der Waals surface area contributed by atoms with E-state index in [0.717, 1.165) is 0 Å². The molecule has 9 aromatic rings. The van der Waals surface area contributed by atoms with E-state index in [1.54, 1.807) is 0 Å². The molecule has 0 saturated heterocycles. The van der Waals surface area contributed by atoms with Crippen LogP contribution in [0.3, 0.4) is 0 Å². The van der Waals surface area contributed by atoms with Crippen molar-refractivity contribution in [3.63, 3.8) is 0 Å². The second-order valence-corrected chi connectivity index (χ2v) is 15.8. The van der Waals surface area contributed by atoms with Crippen molar-refractivity contribution in [3.8, 4) is 27.9 Å². The van der Waals surface area contributed by atoms with Gasteiger partial charge in [-0.3, -0.25) is 0 Å². The minimum absolute atomic E-state index is 0.454. The third-order valence-corrected chi connectivity index (χ3v) is 13.3. The van der Waals surface area contributed by atoms with Gasteiger partial charge in [-0.05, 0) is 93.0 Å². The van der Waals surface area contributed by atoms with Crippen LogP contribution in [0.5, 0.6) is 0 Å². The van der Waals surface area contributed by atoms with Gasteiger partial charge in [0.2, 0.25) is 0 Å². The minimum atomic E-state index is -0.454. The predicted molar refractivity (Wildman–Crippen MR) is 218 cm³/mol. The van der Waals surface area contributed by atoms with Gasteiger partial charge in [-0.25, -0.2) is 0 Å². The van der Waals surface area contributed by atoms with Gasteiger partial charge >= 0.3 is 0 Å². The van der Waals surface area contributed by atoms with Crippen LogP contribution in [-0.4, -0.2) is 4.57 Å². The number of hydrogen-bond acceptors (Lipinski definition) is 2. The lowest BCUT2D eigenvalue weighted by molar-refractivity contribution is 0.668. The molecule has 1 nitrogen and oxygen atoms in total. The molecule has 0 radical (unpaired) electrons. The molecule has 1 spiro atoms. The Labute approximate surface area is 311 Å². The van der Waals surface area contributed by atoms with Crippen LogP contribution in [0.2, 0.25) is 0 Å². The summed E-state index contributed by atoms with van der Waals surface area (Å²) in [6.45, 7) is 0. The monoisotopic (exact) mass is 697 g/mol. The third-order valence-electron chi connectivity index (χ3n) is 10.9. The summed E-state index contributed by atoms with van der Waals surface area (Å²) in [5.74, 6) is 0. The highest BCUT2D eigenvalue weighted by Gasteiger charge is 2.49. The summed E-state index contributed by atoms with van der Waals surface area (Å²) < 4.78 is 2.39. The average Bonchev–Trinajstić information content (AvgIpc) is 3.55. The van der Waals surface area contributed by atoms with Gasteiger partial charge in [0.25, 0.3) is 0 Å². The zero-order valence-electron chi connectivity index (χ0n) is 28.2.